The molecule has 0 bridgehead atoms. The SMILES string of the molecule is COc1ccc(COc2ccccc2-c2nc(C=C(F)F)cn2COCC[Si](C)(C)C)cc1. The third-order valence-electron chi connectivity index (χ3n) is 4.96. The maximum atomic E-state index is 12.9. The van der Waals surface area contributed by atoms with Gasteiger partial charge in [0.1, 0.15) is 30.7 Å². The third-order valence-corrected chi connectivity index (χ3v) is 6.66. The van der Waals surface area contributed by atoms with Gasteiger partial charge in [-0.2, -0.15) is 8.78 Å². The van der Waals surface area contributed by atoms with E-state index in [0.29, 0.717) is 30.4 Å². The molecule has 1 heterocycles. The number of aromatic nitrogens is 2. The lowest BCUT2D eigenvalue weighted by Crippen LogP contribution is -2.22. The molecule has 0 aliphatic heterocycles. The Bertz CT molecular complexity index is 1070. The molecule has 0 aliphatic rings. The molecule has 0 aliphatic carbocycles. The van der Waals surface area contributed by atoms with Gasteiger partial charge in [-0.1, -0.05) is 43.9 Å². The van der Waals surface area contributed by atoms with Crippen molar-refractivity contribution in [1.29, 1.82) is 0 Å². The van der Waals surface area contributed by atoms with E-state index in [1.54, 1.807) is 17.9 Å². The van der Waals surface area contributed by atoms with Crippen LogP contribution in [0.25, 0.3) is 17.5 Å². The molecule has 0 atom stereocenters. The smallest absolute Gasteiger partial charge is 0.272 e. The first-order chi connectivity index (χ1) is 15.7. The number of para-hydroxylation sites is 1. The fourth-order valence-electron chi connectivity index (χ4n) is 3.13. The molecule has 176 valence electrons. The highest BCUT2D eigenvalue weighted by atomic mass is 28.3. The predicted molar refractivity (Wildman–Crippen MR) is 129 cm³/mol. The average molecular weight is 473 g/mol. The van der Waals surface area contributed by atoms with Gasteiger partial charge in [-0.05, 0) is 35.9 Å². The van der Waals surface area contributed by atoms with E-state index in [1.165, 1.54) is 0 Å². The average Bonchev–Trinajstić information content (AvgIpc) is 3.16. The second kappa shape index (κ2) is 11.2. The lowest BCUT2D eigenvalue weighted by Gasteiger charge is -2.16. The first-order valence-electron chi connectivity index (χ1n) is 10.8. The third kappa shape index (κ3) is 7.54. The van der Waals surface area contributed by atoms with Crippen LogP contribution in [0, 0.1) is 0 Å². The maximum Gasteiger partial charge on any atom is 0.272 e. The fraction of sp³-hybridized carbons (Fsp3) is 0.320. The molecule has 3 rings (SSSR count). The number of hydrogen-bond donors (Lipinski definition) is 0. The van der Waals surface area contributed by atoms with Crippen molar-refractivity contribution < 1.29 is 23.0 Å². The molecular formula is C25H30F2N2O3Si. The summed E-state index contributed by atoms with van der Waals surface area (Å²) in [7, 11) is 0.388. The maximum absolute atomic E-state index is 12.9. The number of methoxy groups -OCH3 is 1. The highest BCUT2D eigenvalue weighted by molar-refractivity contribution is 6.76. The van der Waals surface area contributed by atoms with E-state index < -0.39 is 14.2 Å². The molecule has 2 aromatic carbocycles. The molecule has 33 heavy (non-hydrogen) atoms. The second-order valence-corrected chi connectivity index (χ2v) is 14.5. The minimum absolute atomic E-state index is 0.170. The largest absolute Gasteiger partial charge is 0.497 e. The van der Waals surface area contributed by atoms with Crippen LogP contribution in [-0.2, 0) is 18.1 Å². The van der Waals surface area contributed by atoms with Crippen molar-refractivity contribution in [3.63, 3.8) is 0 Å². The van der Waals surface area contributed by atoms with E-state index >= 15 is 0 Å². The Morgan fingerprint density at radius 3 is 2.45 bits per heavy atom. The van der Waals surface area contributed by atoms with Crippen LogP contribution in [0.1, 0.15) is 11.3 Å². The van der Waals surface area contributed by atoms with Gasteiger partial charge in [0.05, 0.1) is 18.4 Å². The van der Waals surface area contributed by atoms with Gasteiger partial charge >= 0.3 is 0 Å². The standard InChI is InChI=1S/C25H30F2N2O3Si/c1-30-21-11-9-19(10-12-21)17-32-23-8-6-5-7-22(23)25-28-20(15-24(26)27)16-29(25)18-31-13-14-33(2,3)4/h5-12,15-16H,13-14,17-18H2,1-4H3. The number of imidazole rings is 1. The monoisotopic (exact) mass is 472 g/mol. The van der Waals surface area contributed by atoms with Crippen molar-refractivity contribution in [2.75, 3.05) is 13.7 Å². The van der Waals surface area contributed by atoms with Crippen molar-refractivity contribution >= 4 is 14.1 Å². The van der Waals surface area contributed by atoms with E-state index in [-0.39, 0.29) is 12.4 Å². The highest BCUT2D eigenvalue weighted by Crippen LogP contribution is 2.31. The van der Waals surface area contributed by atoms with Crippen LogP contribution in [-0.4, -0.2) is 31.3 Å². The first kappa shape index (κ1) is 24.7. The van der Waals surface area contributed by atoms with Gasteiger partial charge in [0.15, 0.2) is 0 Å². The summed E-state index contributed by atoms with van der Waals surface area (Å²) in [5.74, 6) is 1.90. The van der Waals surface area contributed by atoms with Crippen LogP contribution >= 0.6 is 0 Å². The molecule has 1 aromatic heterocycles. The number of hydrogen-bond acceptors (Lipinski definition) is 4. The van der Waals surface area contributed by atoms with Crippen molar-refractivity contribution in [2.45, 2.75) is 39.0 Å². The summed E-state index contributed by atoms with van der Waals surface area (Å²) in [4.78, 5) is 4.43. The Hall–Kier alpha value is -2.97. The van der Waals surface area contributed by atoms with Crippen molar-refractivity contribution in [2.24, 2.45) is 0 Å². The number of ether oxygens (including phenoxy) is 3. The number of rotatable bonds is 11. The van der Waals surface area contributed by atoms with Crippen molar-refractivity contribution in [3.8, 4) is 22.9 Å². The Labute approximate surface area is 194 Å². The molecule has 3 aromatic rings. The normalized spacial score (nSPS) is 11.3. The highest BCUT2D eigenvalue weighted by Gasteiger charge is 2.16. The summed E-state index contributed by atoms with van der Waals surface area (Å²) in [6, 6.07) is 16.1. The van der Waals surface area contributed by atoms with E-state index in [0.717, 1.165) is 23.4 Å². The molecule has 0 spiro atoms. The van der Waals surface area contributed by atoms with Crippen LogP contribution in [0.5, 0.6) is 11.5 Å². The summed E-state index contributed by atoms with van der Waals surface area (Å²) in [6.07, 6.45) is 0.529. The zero-order valence-corrected chi connectivity index (χ0v) is 20.5. The van der Waals surface area contributed by atoms with Crippen LogP contribution < -0.4 is 9.47 Å². The molecule has 0 fully saturated rings. The zero-order chi connectivity index (χ0) is 23.8. The van der Waals surface area contributed by atoms with Crippen molar-refractivity contribution in [1.82, 2.24) is 9.55 Å². The van der Waals surface area contributed by atoms with Crippen LogP contribution in [0.2, 0.25) is 25.7 Å². The summed E-state index contributed by atoms with van der Waals surface area (Å²) < 4.78 is 44.7. The Kier molecular flexibility index (Phi) is 8.41. The van der Waals surface area contributed by atoms with Gasteiger partial charge in [-0.25, -0.2) is 4.98 Å². The Morgan fingerprint density at radius 1 is 1.06 bits per heavy atom. The van der Waals surface area contributed by atoms with Gasteiger partial charge < -0.3 is 18.8 Å². The molecule has 0 amide bonds. The summed E-state index contributed by atoms with van der Waals surface area (Å²) in [5.41, 5.74) is 1.86. The van der Waals surface area contributed by atoms with Crippen LogP contribution in [0.3, 0.4) is 0 Å². The van der Waals surface area contributed by atoms with E-state index in [2.05, 4.69) is 24.6 Å². The quantitative estimate of drug-likeness (QED) is 0.230. The van der Waals surface area contributed by atoms with Gasteiger partial charge in [0, 0.05) is 27.0 Å². The summed E-state index contributed by atoms with van der Waals surface area (Å²) in [6.45, 7) is 8.03. The molecule has 0 N–H and O–H groups in total. The topological polar surface area (TPSA) is 45.5 Å². The molecule has 0 radical (unpaired) electrons. The number of halogens is 2. The molecule has 0 saturated carbocycles. The predicted octanol–water partition coefficient (Wildman–Crippen LogP) is 6.69. The van der Waals surface area contributed by atoms with Gasteiger partial charge in [0.25, 0.3) is 6.08 Å². The molecule has 5 nitrogen and oxygen atoms in total. The van der Waals surface area contributed by atoms with E-state index in [1.807, 2.05) is 48.5 Å². The molecule has 0 unspecified atom stereocenters. The molecule has 8 heteroatoms. The van der Waals surface area contributed by atoms with Gasteiger partial charge in [-0.3, -0.25) is 0 Å². The summed E-state index contributed by atoms with van der Waals surface area (Å²) >= 11 is 0. The van der Waals surface area contributed by atoms with Crippen LogP contribution in [0.4, 0.5) is 8.78 Å². The van der Waals surface area contributed by atoms with Gasteiger partial charge in [-0.15, -0.1) is 0 Å². The second-order valence-electron chi connectivity index (χ2n) is 8.87. The Balaban J connectivity index is 1.82. The van der Waals surface area contributed by atoms with Crippen molar-refractivity contribution in [3.05, 3.63) is 72.1 Å². The lowest BCUT2D eigenvalue weighted by molar-refractivity contribution is 0.0882. The lowest BCUT2D eigenvalue weighted by atomic mass is 10.2. The van der Waals surface area contributed by atoms with Gasteiger partial charge in [0.2, 0.25) is 0 Å². The first-order valence-corrected chi connectivity index (χ1v) is 14.5. The zero-order valence-electron chi connectivity index (χ0n) is 19.5. The van der Waals surface area contributed by atoms with E-state index in [9.17, 15) is 8.78 Å². The molecular weight excluding hydrogens is 442 g/mol. The Morgan fingerprint density at radius 2 is 1.79 bits per heavy atom. The van der Waals surface area contributed by atoms with Crippen LogP contribution in [0.15, 0.2) is 60.8 Å². The molecule has 0 saturated heterocycles. The minimum Gasteiger partial charge on any atom is -0.497 e. The summed E-state index contributed by atoms with van der Waals surface area (Å²) in [5, 5.41) is 0. The minimum atomic E-state index is -1.80. The fourth-order valence-corrected chi connectivity index (χ4v) is 3.89. The number of nitrogens with zero attached hydrogens (tertiary/aromatic N) is 2. The number of benzene rings is 2. The van der Waals surface area contributed by atoms with E-state index in [4.69, 9.17) is 14.2 Å².